The van der Waals surface area contributed by atoms with E-state index in [9.17, 15) is 8.42 Å². The summed E-state index contributed by atoms with van der Waals surface area (Å²) in [6, 6.07) is 8.34. The third kappa shape index (κ3) is 3.67. The van der Waals surface area contributed by atoms with Gasteiger partial charge in [-0.1, -0.05) is 6.07 Å². The number of ether oxygens (including phenoxy) is 1. The quantitative estimate of drug-likeness (QED) is 0.622. The molecule has 2 aromatic heterocycles. The molecule has 0 atom stereocenters. The number of hydrogen-bond acceptors (Lipinski definition) is 4. The minimum Gasteiger partial charge on any atom is -0.490 e. The summed E-state index contributed by atoms with van der Waals surface area (Å²) in [5, 5.41) is 1.25. The van der Waals surface area contributed by atoms with E-state index in [0.29, 0.717) is 25.9 Å². The Bertz CT molecular complexity index is 1120. The molecule has 0 amide bonds. The largest absolute Gasteiger partial charge is 0.490 e. The first-order chi connectivity index (χ1) is 14.0. The molecule has 0 unspecified atom stereocenters. The van der Waals surface area contributed by atoms with E-state index in [4.69, 9.17) is 4.74 Å². The average Bonchev–Trinajstić information content (AvgIpc) is 3.26. The Kier molecular flexibility index (Phi) is 4.63. The van der Waals surface area contributed by atoms with Crippen molar-refractivity contribution >= 4 is 20.9 Å². The zero-order chi connectivity index (χ0) is 20.0. The monoisotopic (exact) mass is 414 g/mol. The molecule has 154 valence electrons. The van der Waals surface area contributed by atoms with Gasteiger partial charge in [-0.05, 0) is 49.8 Å². The fourth-order valence-corrected chi connectivity index (χ4v) is 5.50. The van der Waals surface area contributed by atoms with Crippen LogP contribution in [-0.4, -0.2) is 46.0 Å². The first-order valence-electron chi connectivity index (χ1n) is 10.2. The molecule has 0 bridgehead atoms. The van der Waals surface area contributed by atoms with Gasteiger partial charge in [-0.2, -0.15) is 4.31 Å². The Balaban J connectivity index is 1.27. The molecule has 1 saturated carbocycles. The van der Waals surface area contributed by atoms with Gasteiger partial charge < -0.3 is 13.9 Å². The lowest BCUT2D eigenvalue weighted by atomic mass is 10.1. The lowest BCUT2D eigenvalue weighted by Crippen LogP contribution is -2.41. The van der Waals surface area contributed by atoms with Crippen LogP contribution >= 0.6 is 0 Å². The Hall–Kier alpha value is -2.32. The summed E-state index contributed by atoms with van der Waals surface area (Å²) in [5.41, 5.74) is 1.21. The second-order valence-electron chi connectivity index (χ2n) is 8.20. The Labute approximate surface area is 170 Å². The number of rotatable bonds is 6. The van der Waals surface area contributed by atoms with Gasteiger partial charge in [0.1, 0.15) is 11.9 Å². The van der Waals surface area contributed by atoms with E-state index in [1.807, 2.05) is 12.1 Å². The lowest BCUT2D eigenvalue weighted by molar-refractivity contribution is 0.136. The van der Waals surface area contributed by atoms with Gasteiger partial charge in [-0.15, -0.1) is 0 Å². The number of sulfonamides is 1. The predicted molar refractivity (Wildman–Crippen MR) is 110 cm³/mol. The van der Waals surface area contributed by atoms with Crippen LogP contribution < -0.4 is 4.74 Å². The lowest BCUT2D eigenvalue weighted by Gasteiger charge is -2.31. The summed E-state index contributed by atoms with van der Waals surface area (Å²) < 4.78 is 37.3. The summed E-state index contributed by atoms with van der Waals surface area (Å²) in [5.74, 6) is 1.71. The Morgan fingerprint density at radius 3 is 2.62 bits per heavy atom. The number of nitrogens with zero attached hydrogens (tertiary/aromatic N) is 4. The van der Waals surface area contributed by atoms with E-state index >= 15 is 0 Å². The van der Waals surface area contributed by atoms with Crippen molar-refractivity contribution in [2.45, 2.75) is 43.4 Å². The molecule has 8 heteroatoms. The normalized spacial score (nSPS) is 19.1. The van der Waals surface area contributed by atoms with Crippen LogP contribution in [0.3, 0.4) is 0 Å². The van der Waals surface area contributed by atoms with E-state index in [1.165, 1.54) is 29.0 Å². The summed E-state index contributed by atoms with van der Waals surface area (Å²) in [6.07, 6.45) is 9.23. The van der Waals surface area contributed by atoms with Gasteiger partial charge in [0.25, 0.3) is 10.0 Å². The van der Waals surface area contributed by atoms with Crippen LogP contribution in [0.25, 0.3) is 10.9 Å². The number of imidazole rings is 1. The first-order valence-corrected chi connectivity index (χ1v) is 11.7. The van der Waals surface area contributed by atoms with E-state index in [2.05, 4.69) is 27.9 Å². The van der Waals surface area contributed by atoms with Gasteiger partial charge in [0, 0.05) is 44.5 Å². The first kappa shape index (κ1) is 18.7. The number of fused-ring (bicyclic) bond motifs is 1. The van der Waals surface area contributed by atoms with Crippen molar-refractivity contribution in [3.05, 3.63) is 43.0 Å². The number of piperidine rings is 1. The van der Waals surface area contributed by atoms with Gasteiger partial charge in [0.15, 0.2) is 5.03 Å². The number of benzene rings is 1. The van der Waals surface area contributed by atoms with Crippen molar-refractivity contribution in [2.24, 2.45) is 13.0 Å². The molecule has 1 aliphatic heterocycles. The SMILES string of the molecule is Cn1cnc(S(=O)(=O)N2CCC(Oc3cccc4c3ccn4CC3CC3)CC2)c1. The summed E-state index contributed by atoms with van der Waals surface area (Å²) in [6.45, 7) is 1.97. The summed E-state index contributed by atoms with van der Waals surface area (Å²) in [7, 11) is -1.76. The van der Waals surface area contributed by atoms with Crippen molar-refractivity contribution in [3.8, 4) is 5.75 Å². The topological polar surface area (TPSA) is 69.4 Å². The fourth-order valence-electron chi connectivity index (χ4n) is 4.06. The summed E-state index contributed by atoms with van der Waals surface area (Å²) >= 11 is 0. The van der Waals surface area contributed by atoms with E-state index < -0.39 is 10.0 Å². The molecule has 3 heterocycles. The average molecular weight is 415 g/mol. The van der Waals surface area contributed by atoms with Crippen LogP contribution in [0.2, 0.25) is 0 Å². The van der Waals surface area contributed by atoms with Crippen molar-refractivity contribution in [2.75, 3.05) is 13.1 Å². The van der Waals surface area contributed by atoms with Gasteiger partial charge >= 0.3 is 0 Å². The maximum atomic E-state index is 12.7. The highest BCUT2D eigenvalue weighted by Gasteiger charge is 2.32. The third-order valence-corrected chi connectivity index (χ3v) is 7.69. The number of aryl methyl sites for hydroxylation is 1. The van der Waals surface area contributed by atoms with E-state index in [-0.39, 0.29) is 11.1 Å². The molecule has 1 aliphatic carbocycles. The third-order valence-electron chi connectivity index (χ3n) is 5.91. The van der Waals surface area contributed by atoms with Gasteiger partial charge in [0.05, 0.1) is 11.8 Å². The molecule has 2 fully saturated rings. The van der Waals surface area contributed by atoms with Crippen molar-refractivity contribution in [1.82, 2.24) is 18.4 Å². The van der Waals surface area contributed by atoms with E-state index in [1.54, 1.807) is 17.8 Å². The standard InChI is InChI=1S/C21H26N4O3S/c1-23-14-21(22-15-23)29(26,27)25-11-7-17(8-12-25)28-20-4-2-3-19-18(20)9-10-24(19)13-16-5-6-16/h2-4,9-10,14-17H,5-8,11-13H2,1H3. The molecule has 0 radical (unpaired) electrons. The van der Waals surface area contributed by atoms with Gasteiger partial charge in [-0.25, -0.2) is 13.4 Å². The molecular formula is C21H26N4O3S. The molecule has 1 saturated heterocycles. The van der Waals surface area contributed by atoms with Crippen molar-refractivity contribution in [1.29, 1.82) is 0 Å². The van der Waals surface area contributed by atoms with E-state index in [0.717, 1.165) is 23.6 Å². The molecule has 0 N–H and O–H groups in total. The molecule has 2 aliphatic rings. The Morgan fingerprint density at radius 1 is 1.14 bits per heavy atom. The zero-order valence-electron chi connectivity index (χ0n) is 16.6. The number of hydrogen-bond donors (Lipinski definition) is 0. The zero-order valence-corrected chi connectivity index (χ0v) is 17.4. The smallest absolute Gasteiger partial charge is 0.262 e. The highest BCUT2D eigenvalue weighted by Crippen LogP contribution is 2.34. The maximum absolute atomic E-state index is 12.7. The second-order valence-corrected chi connectivity index (χ2v) is 10.1. The summed E-state index contributed by atoms with van der Waals surface area (Å²) in [4.78, 5) is 4.01. The molecule has 5 rings (SSSR count). The predicted octanol–water partition coefficient (Wildman–Crippen LogP) is 3.02. The Morgan fingerprint density at radius 2 is 1.93 bits per heavy atom. The van der Waals surface area contributed by atoms with Gasteiger partial charge in [0.2, 0.25) is 0 Å². The molecule has 0 spiro atoms. The molecule has 29 heavy (non-hydrogen) atoms. The van der Waals surface area contributed by atoms with Crippen LogP contribution in [0, 0.1) is 5.92 Å². The molecular weight excluding hydrogens is 388 g/mol. The van der Waals surface area contributed by atoms with Gasteiger partial charge in [-0.3, -0.25) is 0 Å². The van der Waals surface area contributed by atoms with Crippen LogP contribution in [0.4, 0.5) is 0 Å². The van der Waals surface area contributed by atoms with Crippen LogP contribution in [0.15, 0.2) is 48.0 Å². The minimum atomic E-state index is -3.53. The fraction of sp³-hybridized carbons (Fsp3) is 0.476. The minimum absolute atomic E-state index is 0.0163. The van der Waals surface area contributed by atoms with Crippen LogP contribution in [0.5, 0.6) is 5.75 Å². The van der Waals surface area contributed by atoms with Crippen molar-refractivity contribution < 1.29 is 13.2 Å². The molecule has 7 nitrogen and oxygen atoms in total. The highest BCUT2D eigenvalue weighted by atomic mass is 32.2. The highest BCUT2D eigenvalue weighted by molar-refractivity contribution is 7.89. The number of aromatic nitrogens is 3. The van der Waals surface area contributed by atoms with Crippen LogP contribution in [-0.2, 0) is 23.6 Å². The molecule has 3 aromatic rings. The van der Waals surface area contributed by atoms with Crippen LogP contribution in [0.1, 0.15) is 25.7 Å². The molecule has 1 aromatic carbocycles. The second kappa shape index (κ2) is 7.18. The maximum Gasteiger partial charge on any atom is 0.262 e. The van der Waals surface area contributed by atoms with Crippen molar-refractivity contribution in [3.63, 3.8) is 0 Å².